The van der Waals surface area contributed by atoms with Gasteiger partial charge in [0.05, 0.1) is 11.0 Å². The first-order chi connectivity index (χ1) is 15.9. The number of halogens is 6. The molecule has 1 fully saturated rings. The summed E-state index contributed by atoms with van der Waals surface area (Å²) in [5.41, 5.74) is 0.712. The Balaban J connectivity index is 1.60. The molecule has 0 aliphatic carbocycles. The van der Waals surface area contributed by atoms with Gasteiger partial charge in [-0.1, -0.05) is 17.4 Å². The Labute approximate surface area is 194 Å². The van der Waals surface area contributed by atoms with E-state index in [-0.39, 0.29) is 24.0 Å². The second-order valence-corrected chi connectivity index (χ2v) is 8.92. The largest absolute Gasteiger partial charge is 0.433 e. The van der Waals surface area contributed by atoms with Crippen LogP contribution in [0.3, 0.4) is 0 Å². The average molecular weight is 503 g/mol. The van der Waals surface area contributed by atoms with Crippen LogP contribution in [0.1, 0.15) is 24.1 Å². The van der Waals surface area contributed by atoms with E-state index in [0.717, 1.165) is 34.1 Å². The van der Waals surface area contributed by atoms with Crippen molar-refractivity contribution in [1.29, 1.82) is 0 Å². The molecule has 2 N–H and O–H groups in total. The Morgan fingerprint density at radius 1 is 1.12 bits per heavy atom. The summed E-state index contributed by atoms with van der Waals surface area (Å²) in [6, 6.07) is 4.04. The first-order valence-electron chi connectivity index (χ1n) is 10.2. The highest BCUT2D eigenvalue weighted by atomic mass is 32.1. The number of nitrogens with zero attached hydrogens (tertiary/aromatic N) is 4. The minimum absolute atomic E-state index is 0.0196. The van der Waals surface area contributed by atoms with Gasteiger partial charge in [-0.2, -0.15) is 26.3 Å². The third kappa shape index (κ3) is 5.41. The van der Waals surface area contributed by atoms with E-state index in [1.54, 1.807) is 25.1 Å². The van der Waals surface area contributed by atoms with E-state index in [4.69, 9.17) is 0 Å². The minimum Gasteiger partial charge on any atom is -0.393 e. The van der Waals surface area contributed by atoms with Gasteiger partial charge in [0, 0.05) is 31.0 Å². The number of alkyl halides is 6. The predicted octanol–water partition coefficient (Wildman–Crippen LogP) is 5.56. The molecule has 182 valence electrons. The molecular weight excluding hydrogens is 484 g/mol. The van der Waals surface area contributed by atoms with Crippen LogP contribution in [0.2, 0.25) is 0 Å². The van der Waals surface area contributed by atoms with Crippen molar-refractivity contribution in [2.24, 2.45) is 0 Å². The number of anilines is 3. The molecule has 2 atom stereocenters. The van der Waals surface area contributed by atoms with Gasteiger partial charge >= 0.3 is 12.4 Å². The highest BCUT2D eigenvalue weighted by Gasteiger charge is 2.47. The second-order valence-electron chi connectivity index (χ2n) is 7.91. The zero-order valence-corrected chi connectivity index (χ0v) is 18.5. The predicted molar refractivity (Wildman–Crippen MR) is 115 cm³/mol. The van der Waals surface area contributed by atoms with Gasteiger partial charge in [-0.25, -0.2) is 15.0 Å². The van der Waals surface area contributed by atoms with Crippen LogP contribution in [0.15, 0.2) is 36.7 Å². The van der Waals surface area contributed by atoms with Crippen LogP contribution in [-0.2, 0) is 6.18 Å². The van der Waals surface area contributed by atoms with Crippen molar-refractivity contribution < 1.29 is 31.4 Å². The monoisotopic (exact) mass is 503 g/mol. The molecule has 3 aromatic rings. The summed E-state index contributed by atoms with van der Waals surface area (Å²) in [6.07, 6.45) is -7.92. The highest BCUT2D eigenvalue weighted by Crippen LogP contribution is 2.39. The van der Waals surface area contributed by atoms with Gasteiger partial charge in [-0.3, -0.25) is 0 Å². The van der Waals surface area contributed by atoms with Crippen molar-refractivity contribution in [1.82, 2.24) is 15.0 Å². The Kier molecular flexibility index (Phi) is 6.42. The summed E-state index contributed by atoms with van der Waals surface area (Å²) in [4.78, 5) is 13.2. The number of hydrogen-bond acceptors (Lipinski definition) is 7. The van der Waals surface area contributed by atoms with Crippen LogP contribution in [0.5, 0.6) is 0 Å². The molecule has 1 aromatic carbocycles. The molecule has 2 unspecified atom stereocenters. The highest BCUT2D eigenvalue weighted by molar-refractivity contribution is 7.18. The van der Waals surface area contributed by atoms with Crippen LogP contribution >= 0.6 is 11.3 Å². The van der Waals surface area contributed by atoms with Gasteiger partial charge in [0.1, 0.15) is 11.7 Å². The molecule has 0 bridgehead atoms. The zero-order chi connectivity index (χ0) is 24.7. The van der Waals surface area contributed by atoms with Crippen LogP contribution in [0, 0.1) is 6.92 Å². The van der Waals surface area contributed by atoms with Crippen molar-refractivity contribution in [3.63, 3.8) is 0 Å². The maximum Gasteiger partial charge on any atom is 0.433 e. The molecule has 4 rings (SSSR count). The number of nitrogens with one attached hydrogen (secondary N) is 1. The lowest BCUT2D eigenvalue weighted by Gasteiger charge is -2.38. The van der Waals surface area contributed by atoms with Crippen LogP contribution < -0.4 is 10.2 Å². The van der Waals surface area contributed by atoms with E-state index in [2.05, 4.69) is 20.3 Å². The normalized spacial score (nSPS) is 19.4. The Hall–Kier alpha value is -2.93. The smallest absolute Gasteiger partial charge is 0.393 e. The number of hydrogen-bond donors (Lipinski definition) is 2. The van der Waals surface area contributed by atoms with Crippen LogP contribution in [0.4, 0.5) is 43.1 Å². The summed E-state index contributed by atoms with van der Waals surface area (Å²) in [7, 11) is 0. The molecule has 1 aliphatic heterocycles. The van der Waals surface area contributed by atoms with Crippen molar-refractivity contribution in [2.75, 3.05) is 16.8 Å². The first-order valence-corrected chi connectivity index (χ1v) is 11.0. The molecule has 1 saturated heterocycles. The molecule has 6 nitrogen and oxygen atoms in total. The Morgan fingerprint density at radius 2 is 1.88 bits per heavy atom. The molecule has 0 amide bonds. The van der Waals surface area contributed by atoms with Gasteiger partial charge in [0.15, 0.2) is 5.13 Å². The molecular formula is C21H19F6N5OS. The molecule has 0 saturated carbocycles. The molecule has 3 heterocycles. The molecule has 34 heavy (non-hydrogen) atoms. The summed E-state index contributed by atoms with van der Waals surface area (Å²) in [5, 5.41) is 12.6. The molecule has 0 spiro atoms. The third-order valence-corrected chi connectivity index (χ3v) is 6.34. The average Bonchev–Trinajstić information content (AvgIpc) is 3.22. The van der Waals surface area contributed by atoms with Gasteiger partial charge in [-0.15, -0.1) is 0 Å². The number of benzene rings is 1. The zero-order valence-electron chi connectivity index (χ0n) is 17.7. The van der Waals surface area contributed by atoms with E-state index in [1.165, 1.54) is 6.20 Å². The lowest BCUT2D eigenvalue weighted by Crippen LogP contribution is -2.52. The number of thiazole rings is 1. The second kappa shape index (κ2) is 9.02. The standard InChI is InChI=1S/C21H19F6N5OS/c1-11-6-12(8-13(7-11)30-18-28-4-2-16(31-18)20(22,23)24)15-10-29-19(34-15)32-5-3-14(33)9-17(32)21(25,26)27/h2,4,6-8,10,14,17,33H,3,5,9H2,1H3,(H,28,30,31). The third-order valence-electron chi connectivity index (χ3n) is 5.26. The summed E-state index contributed by atoms with van der Waals surface area (Å²) in [6.45, 7) is 1.79. The number of aliphatic hydroxyl groups is 1. The van der Waals surface area contributed by atoms with Gasteiger partial charge < -0.3 is 15.3 Å². The minimum atomic E-state index is -4.62. The van der Waals surface area contributed by atoms with E-state index in [0.29, 0.717) is 16.1 Å². The van der Waals surface area contributed by atoms with E-state index >= 15 is 0 Å². The van der Waals surface area contributed by atoms with E-state index < -0.39 is 36.6 Å². The van der Waals surface area contributed by atoms with E-state index in [9.17, 15) is 31.4 Å². The molecule has 0 radical (unpaired) electrons. The van der Waals surface area contributed by atoms with Crippen molar-refractivity contribution in [3.8, 4) is 10.4 Å². The number of piperidine rings is 1. The fourth-order valence-electron chi connectivity index (χ4n) is 3.72. The van der Waals surface area contributed by atoms with E-state index in [1.807, 2.05) is 0 Å². The lowest BCUT2D eigenvalue weighted by molar-refractivity contribution is -0.159. The summed E-state index contributed by atoms with van der Waals surface area (Å²) in [5.74, 6) is -0.240. The van der Waals surface area contributed by atoms with Crippen molar-refractivity contribution in [2.45, 2.75) is 44.3 Å². The fourth-order valence-corrected chi connectivity index (χ4v) is 4.70. The van der Waals surface area contributed by atoms with Gasteiger partial charge in [-0.05, 0) is 42.7 Å². The van der Waals surface area contributed by atoms with Crippen molar-refractivity contribution in [3.05, 3.63) is 47.9 Å². The lowest BCUT2D eigenvalue weighted by atomic mass is 10.00. The first kappa shape index (κ1) is 24.2. The maximum absolute atomic E-state index is 13.5. The van der Waals surface area contributed by atoms with Crippen LogP contribution in [-0.4, -0.2) is 44.9 Å². The number of aliphatic hydroxyl groups excluding tert-OH is 1. The SMILES string of the molecule is Cc1cc(Nc2nccc(C(F)(F)F)n2)cc(-c2cnc(N3CCC(O)CC3C(F)(F)F)s2)c1. The van der Waals surface area contributed by atoms with Gasteiger partial charge in [0.25, 0.3) is 0 Å². The summed E-state index contributed by atoms with van der Waals surface area (Å²) >= 11 is 1.07. The molecule has 1 aliphatic rings. The molecule has 13 heteroatoms. The number of rotatable bonds is 4. The van der Waals surface area contributed by atoms with Gasteiger partial charge in [0.2, 0.25) is 5.95 Å². The van der Waals surface area contributed by atoms with Crippen LogP contribution in [0.25, 0.3) is 10.4 Å². The maximum atomic E-state index is 13.5. The fraction of sp³-hybridized carbons (Fsp3) is 0.381. The Bertz CT molecular complexity index is 1170. The summed E-state index contributed by atoms with van der Waals surface area (Å²) < 4.78 is 79.4. The topological polar surface area (TPSA) is 74.2 Å². The number of aryl methyl sites for hydroxylation is 1. The van der Waals surface area contributed by atoms with Crippen molar-refractivity contribution >= 4 is 28.1 Å². The number of aromatic nitrogens is 3. The quantitative estimate of drug-likeness (QED) is 0.454. The Morgan fingerprint density at radius 3 is 2.59 bits per heavy atom. The molecule has 2 aromatic heterocycles.